The van der Waals surface area contributed by atoms with E-state index in [4.69, 9.17) is 18.9 Å². The number of ether oxygens (including phenoxy) is 4. The third-order valence-electron chi connectivity index (χ3n) is 3.80. The van der Waals surface area contributed by atoms with Crippen LogP contribution in [0.25, 0.3) is 0 Å². The second kappa shape index (κ2) is 10.6. The maximum atomic E-state index is 12.3. The smallest absolute Gasteiger partial charge is 0.411 e. The minimum atomic E-state index is -0.584. The first kappa shape index (κ1) is 20.8. The van der Waals surface area contributed by atoms with E-state index in [0.29, 0.717) is 36.9 Å². The van der Waals surface area contributed by atoms with Gasteiger partial charge in [0.1, 0.15) is 19.8 Å². The van der Waals surface area contributed by atoms with Gasteiger partial charge in [0.25, 0.3) is 0 Å². The van der Waals surface area contributed by atoms with E-state index >= 15 is 0 Å². The van der Waals surface area contributed by atoms with Crippen molar-refractivity contribution in [1.29, 1.82) is 0 Å². The molecule has 0 saturated carbocycles. The number of nitrogens with one attached hydrogen (secondary N) is 2. The second-order valence-corrected chi connectivity index (χ2v) is 7.03. The van der Waals surface area contributed by atoms with Gasteiger partial charge < -0.3 is 24.3 Å². The first-order valence-corrected chi connectivity index (χ1v) is 9.97. The molecule has 1 heterocycles. The molecule has 2 aromatic rings. The Morgan fingerprint density at radius 3 is 2.55 bits per heavy atom. The van der Waals surface area contributed by atoms with Crippen LogP contribution in [0.15, 0.2) is 47.4 Å². The Bertz CT molecular complexity index is 861. The lowest BCUT2D eigenvalue weighted by Crippen LogP contribution is -2.17. The molecule has 0 saturated heterocycles. The maximum Gasteiger partial charge on any atom is 0.411 e. The number of anilines is 2. The Morgan fingerprint density at radius 1 is 1.00 bits per heavy atom. The molecule has 0 aromatic heterocycles. The number of fused-ring (bicyclic) bond motifs is 1. The van der Waals surface area contributed by atoms with E-state index in [1.165, 1.54) is 18.9 Å². The van der Waals surface area contributed by atoms with Crippen LogP contribution in [0.1, 0.15) is 0 Å². The molecule has 0 spiro atoms. The fraction of sp³-hybridized carbons (Fsp3) is 0.300. The van der Waals surface area contributed by atoms with E-state index in [-0.39, 0.29) is 18.3 Å². The fourth-order valence-corrected chi connectivity index (χ4v) is 3.23. The van der Waals surface area contributed by atoms with Crippen LogP contribution in [0.3, 0.4) is 0 Å². The summed E-state index contributed by atoms with van der Waals surface area (Å²) in [6.07, 6.45) is -0.584. The van der Waals surface area contributed by atoms with Crippen molar-refractivity contribution in [3.63, 3.8) is 0 Å². The average molecular weight is 418 g/mol. The van der Waals surface area contributed by atoms with Crippen molar-refractivity contribution in [2.45, 2.75) is 4.90 Å². The lowest BCUT2D eigenvalue weighted by atomic mass is 10.3. The summed E-state index contributed by atoms with van der Waals surface area (Å²) in [5.41, 5.74) is 1.09. The van der Waals surface area contributed by atoms with Gasteiger partial charge >= 0.3 is 6.09 Å². The molecule has 2 amide bonds. The summed E-state index contributed by atoms with van der Waals surface area (Å²) in [6.45, 7) is 1.55. The summed E-state index contributed by atoms with van der Waals surface area (Å²) in [4.78, 5) is 24.9. The van der Waals surface area contributed by atoms with Gasteiger partial charge in [0.05, 0.1) is 12.4 Å². The molecule has 1 aliphatic heterocycles. The minimum Gasteiger partial charge on any atom is -0.486 e. The molecule has 2 N–H and O–H groups in total. The lowest BCUT2D eigenvalue weighted by molar-refractivity contribution is -0.113. The topological polar surface area (TPSA) is 95.1 Å². The average Bonchev–Trinajstić information content (AvgIpc) is 2.72. The monoisotopic (exact) mass is 418 g/mol. The SMILES string of the molecule is COCCOC(=O)Nc1cccc(NC(=O)CSc2ccc3c(c2)OCCO3)c1. The van der Waals surface area contributed by atoms with Crippen LogP contribution in [0.4, 0.5) is 16.2 Å². The Balaban J connectivity index is 1.48. The van der Waals surface area contributed by atoms with Crippen LogP contribution in [-0.4, -0.2) is 51.3 Å². The molecule has 0 radical (unpaired) electrons. The number of thioether (sulfide) groups is 1. The van der Waals surface area contributed by atoms with E-state index in [1.54, 1.807) is 24.3 Å². The van der Waals surface area contributed by atoms with Gasteiger partial charge in [-0.2, -0.15) is 0 Å². The van der Waals surface area contributed by atoms with E-state index in [2.05, 4.69) is 10.6 Å². The van der Waals surface area contributed by atoms with Crippen LogP contribution in [-0.2, 0) is 14.3 Å². The summed E-state index contributed by atoms with van der Waals surface area (Å²) >= 11 is 1.40. The van der Waals surface area contributed by atoms with Crippen LogP contribution in [0.2, 0.25) is 0 Å². The highest BCUT2D eigenvalue weighted by Gasteiger charge is 2.13. The standard InChI is InChI=1S/C20H22N2O6S/c1-25-7-8-28-20(24)22-15-4-2-3-14(11-15)21-19(23)13-29-16-5-6-17-18(12-16)27-10-9-26-17/h2-6,11-12H,7-10,13H2,1H3,(H,21,23)(H,22,24). The number of benzene rings is 2. The zero-order chi connectivity index (χ0) is 20.5. The van der Waals surface area contributed by atoms with Gasteiger partial charge in [-0.05, 0) is 36.4 Å². The molecule has 3 rings (SSSR count). The van der Waals surface area contributed by atoms with Gasteiger partial charge in [-0.1, -0.05) is 6.07 Å². The maximum absolute atomic E-state index is 12.3. The molecule has 0 bridgehead atoms. The molecule has 29 heavy (non-hydrogen) atoms. The summed E-state index contributed by atoms with van der Waals surface area (Å²) in [5, 5.41) is 5.41. The number of amides is 2. The predicted molar refractivity (Wildman–Crippen MR) is 110 cm³/mol. The van der Waals surface area contributed by atoms with Crippen LogP contribution in [0.5, 0.6) is 11.5 Å². The highest BCUT2D eigenvalue weighted by Crippen LogP contribution is 2.34. The molecule has 0 unspecified atom stereocenters. The normalized spacial score (nSPS) is 12.2. The summed E-state index contributed by atoms with van der Waals surface area (Å²) < 4.78 is 20.8. The first-order chi connectivity index (χ1) is 14.1. The van der Waals surface area contributed by atoms with E-state index < -0.39 is 6.09 Å². The van der Waals surface area contributed by atoms with Gasteiger partial charge in [0.2, 0.25) is 5.91 Å². The number of hydrogen-bond donors (Lipinski definition) is 2. The molecule has 1 aliphatic rings. The van der Waals surface area contributed by atoms with E-state index in [1.807, 2.05) is 18.2 Å². The highest BCUT2D eigenvalue weighted by molar-refractivity contribution is 8.00. The van der Waals surface area contributed by atoms with Crippen molar-refractivity contribution in [2.24, 2.45) is 0 Å². The molecule has 8 nitrogen and oxygen atoms in total. The Labute approximate surface area is 172 Å². The van der Waals surface area contributed by atoms with Crippen LogP contribution in [0, 0.1) is 0 Å². The summed E-state index contributed by atoms with van der Waals surface area (Å²) in [7, 11) is 1.53. The molecule has 154 valence electrons. The van der Waals surface area contributed by atoms with Crippen molar-refractivity contribution in [1.82, 2.24) is 0 Å². The number of methoxy groups -OCH3 is 1. The molecule has 2 aromatic carbocycles. The van der Waals surface area contributed by atoms with Crippen molar-refractivity contribution < 1.29 is 28.5 Å². The number of rotatable bonds is 8. The molecule has 9 heteroatoms. The van der Waals surface area contributed by atoms with Crippen LogP contribution < -0.4 is 20.1 Å². The van der Waals surface area contributed by atoms with Gasteiger partial charge in [-0.3, -0.25) is 10.1 Å². The van der Waals surface area contributed by atoms with Crippen LogP contribution >= 0.6 is 11.8 Å². The van der Waals surface area contributed by atoms with Gasteiger partial charge in [-0.15, -0.1) is 11.8 Å². The largest absolute Gasteiger partial charge is 0.486 e. The van der Waals surface area contributed by atoms with E-state index in [0.717, 1.165) is 10.6 Å². The Kier molecular flexibility index (Phi) is 7.60. The zero-order valence-electron chi connectivity index (χ0n) is 15.9. The fourth-order valence-electron chi connectivity index (χ4n) is 2.51. The van der Waals surface area contributed by atoms with E-state index in [9.17, 15) is 9.59 Å². The predicted octanol–water partition coefficient (Wildman–Crippen LogP) is 3.38. The van der Waals surface area contributed by atoms with Crippen molar-refractivity contribution in [3.05, 3.63) is 42.5 Å². The Hall–Kier alpha value is -2.91. The minimum absolute atomic E-state index is 0.162. The third kappa shape index (κ3) is 6.58. The van der Waals surface area contributed by atoms with Crippen molar-refractivity contribution in [2.75, 3.05) is 49.9 Å². The summed E-state index contributed by atoms with van der Waals surface area (Å²) in [5.74, 6) is 1.48. The zero-order valence-corrected chi connectivity index (χ0v) is 16.8. The van der Waals surface area contributed by atoms with Gasteiger partial charge in [0.15, 0.2) is 11.5 Å². The van der Waals surface area contributed by atoms with Gasteiger partial charge in [0, 0.05) is 23.4 Å². The third-order valence-corrected chi connectivity index (χ3v) is 4.79. The van der Waals surface area contributed by atoms with Gasteiger partial charge in [-0.25, -0.2) is 4.79 Å². The second-order valence-electron chi connectivity index (χ2n) is 5.98. The van der Waals surface area contributed by atoms with Crippen molar-refractivity contribution >= 4 is 35.1 Å². The number of carbonyl (C=O) groups excluding carboxylic acids is 2. The van der Waals surface area contributed by atoms with Crippen molar-refractivity contribution in [3.8, 4) is 11.5 Å². The lowest BCUT2D eigenvalue weighted by Gasteiger charge is -2.18. The Morgan fingerprint density at radius 2 is 1.76 bits per heavy atom. The molecular formula is C20H22N2O6S. The molecular weight excluding hydrogens is 396 g/mol. The number of hydrogen-bond acceptors (Lipinski definition) is 7. The molecule has 0 aliphatic carbocycles. The first-order valence-electron chi connectivity index (χ1n) is 8.99. The molecule has 0 atom stereocenters. The summed E-state index contributed by atoms with van der Waals surface area (Å²) in [6, 6.07) is 12.4. The highest BCUT2D eigenvalue weighted by atomic mass is 32.2. The number of carbonyl (C=O) groups is 2. The quantitative estimate of drug-likeness (QED) is 0.501. The molecule has 0 fully saturated rings.